The number of aromatic carboxylic acids is 1. The van der Waals surface area contributed by atoms with E-state index in [1.807, 2.05) is 13.0 Å². The zero-order chi connectivity index (χ0) is 14.9. The summed E-state index contributed by atoms with van der Waals surface area (Å²) >= 11 is 0. The molecular weight excluding hydrogens is 252 g/mol. The molecule has 0 aromatic carbocycles. The molecule has 0 aliphatic heterocycles. The molecule has 0 saturated heterocycles. The maximum atomic E-state index is 11.4. The minimum absolute atomic E-state index is 0.305. The second-order valence-corrected chi connectivity index (χ2v) is 6.68. The van der Waals surface area contributed by atoms with E-state index in [0.717, 1.165) is 18.5 Å². The summed E-state index contributed by atoms with van der Waals surface area (Å²) in [6.45, 7) is 8.21. The third-order valence-electron chi connectivity index (χ3n) is 4.11. The number of nitrogens with zero attached hydrogens (tertiary/aromatic N) is 1. The Hall–Kier alpha value is -1.58. The summed E-state index contributed by atoms with van der Waals surface area (Å²) in [5.74, 6) is -0.910. The molecule has 1 aromatic heterocycles. The number of carboxylic acid groups (broad SMARTS) is 1. The molecule has 2 N–H and O–H groups in total. The minimum Gasteiger partial charge on any atom is -0.478 e. The Morgan fingerprint density at radius 2 is 2.15 bits per heavy atom. The van der Waals surface area contributed by atoms with Crippen LogP contribution in [0.1, 0.15) is 61.3 Å². The van der Waals surface area contributed by atoms with Crippen LogP contribution < -0.4 is 5.32 Å². The molecule has 0 spiro atoms. The van der Waals surface area contributed by atoms with Gasteiger partial charge in [-0.1, -0.05) is 20.3 Å². The molecule has 4 nitrogen and oxygen atoms in total. The molecule has 1 fully saturated rings. The topological polar surface area (TPSA) is 62.2 Å². The molecular formula is C16H24N2O2. The van der Waals surface area contributed by atoms with Crippen LogP contribution in [-0.4, -0.2) is 22.1 Å². The summed E-state index contributed by atoms with van der Waals surface area (Å²) < 4.78 is 0. The van der Waals surface area contributed by atoms with Gasteiger partial charge in [-0.15, -0.1) is 0 Å². The fourth-order valence-corrected chi connectivity index (χ4v) is 3.25. The normalized spacial score (nSPS) is 21.5. The first kappa shape index (κ1) is 14.8. The second-order valence-electron chi connectivity index (χ2n) is 6.68. The number of pyridine rings is 1. The summed E-state index contributed by atoms with van der Waals surface area (Å²) in [6, 6.07) is 2.19. The summed E-state index contributed by atoms with van der Waals surface area (Å²) in [6.07, 6.45) is 4.61. The van der Waals surface area contributed by atoms with E-state index in [1.54, 1.807) is 6.92 Å². The Morgan fingerprint density at radius 3 is 2.75 bits per heavy atom. The number of aromatic nitrogens is 1. The van der Waals surface area contributed by atoms with Crippen LogP contribution >= 0.6 is 0 Å². The van der Waals surface area contributed by atoms with Crippen LogP contribution in [0.15, 0.2) is 6.07 Å². The SMILES string of the molecule is Cc1cc(NC2CCCC(C)(C)C2)c(C(=O)O)c(C)n1. The van der Waals surface area contributed by atoms with E-state index in [1.165, 1.54) is 12.8 Å². The van der Waals surface area contributed by atoms with Crippen molar-refractivity contribution in [3.05, 3.63) is 23.0 Å². The van der Waals surface area contributed by atoms with Gasteiger partial charge in [0.05, 0.1) is 11.4 Å². The third-order valence-corrected chi connectivity index (χ3v) is 4.11. The number of aryl methyl sites for hydroxylation is 2. The molecule has 1 unspecified atom stereocenters. The molecule has 2 rings (SSSR count). The lowest BCUT2D eigenvalue weighted by atomic mass is 9.75. The predicted octanol–water partition coefficient (Wildman–Crippen LogP) is 3.78. The van der Waals surface area contributed by atoms with Gasteiger partial charge in [-0.25, -0.2) is 4.79 Å². The van der Waals surface area contributed by atoms with E-state index < -0.39 is 5.97 Å². The van der Waals surface area contributed by atoms with Gasteiger partial charge in [0.1, 0.15) is 5.56 Å². The van der Waals surface area contributed by atoms with Crippen molar-refractivity contribution in [1.29, 1.82) is 0 Å². The predicted molar refractivity (Wildman–Crippen MR) is 80.3 cm³/mol. The third kappa shape index (κ3) is 3.30. The highest BCUT2D eigenvalue weighted by molar-refractivity contribution is 5.95. The lowest BCUT2D eigenvalue weighted by molar-refractivity contribution is 0.0696. The van der Waals surface area contributed by atoms with Crippen molar-refractivity contribution >= 4 is 11.7 Å². The molecule has 1 atom stereocenters. The van der Waals surface area contributed by atoms with Gasteiger partial charge >= 0.3 is 5.97 Å². The van der Waals surface area contributed by atoms with Crippen molar-refractivity contribution in [1.82, 2.24) is 4.98 Å². The summed E-state index contributed by atoms with van der Waals surface area (Å²) in [7, 11) is 0. The van der Waals surface area contributed by atoms with Crippen LogP contribution in [0.5, 0.6) is 0 Å². The van der Waals surface area contributed by atoms with E-state index in [0.29, 0.717) is 28.4 Å². The molecule has 1 aliphatic carbocycles. The highest BCUT2D eigenvalue weighted by Crippen LogP contribution is 2.36. The number of anilines is 1. The summed E-state index contributed by atoms with van der Waals surface area (Å²) in [4.78, 5) is 15.7. The smallest absolute Gasteiger partial charge is 0.339 e. The van der Waals surface area contributed by atoms with E-state index in [-0.39, 0.29) is 0 Å². The maximum Gasteiger partial charge on any atom is 0.339 e. The number of hydrogen-bond donors (Lipinski definition) is 2. The zero-order valence-corrected chi connectivity index (χ0v) is 12.8. The van der Waals surface area contributed by atoms with E-state index in [2.05, 4.69) is 24.1 Å². The Bertz CT molecular complexity index is 523. The first-order valence-corrected chi connectivity index (χ1v) is 7.26. The quantitative estimate of drug-likeness (QED) is 0.882. The van der Waals surface area contributed by atoms with E-state index >= 15 is 0 Å². The monoisotopic (exact) mass is 276 g/mol. The fourth-order valence-electron chi connectivity index (χ4n) is 3.25. The van der Waals surface area contributed by atoms with Gasteiger partial charge in [-0.3, -0.25) is 4.98 Å². The second kappa shape index (κ2) is 5.43. The molecule has 4 heteroatoms. The largest absolute Gasteiger partial charge is 0.478 e. The van der Waals surface area contributed by atoms with Crippen molar-refractivity contribution in [3.8, 4) is 0 Å². The van der Waals surface area contributed by atoms with Crippen molar-refractivity contribution in [3.63, 3.8) is 0 Å². The molecule has 20 heavy (non-hydrogen) atoms. The first-order chi connectivity index (χ1) is 9.28. The van der Waals surface area contributed by atoms with Crippen LogP contribution in [0, 0.1) is 19.3 Å². The average molecular weight is 276 g/mol. The molecule has 1 saturated carbocycles. The first-order valence-electron chi connectivity index (χ1n) is 7.26. The van der Waals surface area contributed by atoms with E-state index in [4.69, 9.17) is 0 Å². The van der Waals surface area contributed by atoms with Crippen LogP contribution in [0.4, 0.5) is 5.69 Å². The van der Waals surface area contributed by atoms with Gasteiger partial charge in [-0.2, -0.15) is 0 Å². The summed E-state index contributed by atoms with van der Waals surface area (Å²) in [5, 5.41) is 12.8. The highest BCUT2D eigenvalue weighted by atomic mass is 16.4. The molecule has 110 valence electrons. The van der Waals surface area contributed by atoms with Gasteiger partial charge in [-0.05, 0) is 44.6 Å². The van der Waals surface area contributed by atoms with Crippen molar-refractivity contribution < 1.29 is 9.90 Å². The molecule has 0 radical (unpaired) electrons. The van der Waals surface area contributed by atoms with Crippen molar-refractivity contribution in [2.45, 2.75) is 59.4 Å². The molecule has 1 heterocycles. The maximum absolute atomic E-state index is 11.4. The Labute approximate surface area is 120 Å². The lowest BCUT2D eigenvalue weighted by Crippen LogP contribution is -2.32. The van der Waals surface area contributed by atoms with Crippen molar-refractivity contribution in [2.75, 3.05) is 5.32 Å². The number of carbonyl (C=O) groups is 1. The van der Waals surface area contributed by atoms with Crippen LogP contribution in [0.2, 0.25) is 0 Å². The van der Waals surface area contributed by atoms with Crippen molar-refractivity contribution in [2.24, 2.45) is 5.41 Å². The van der Waals surface area contributed by atoms with Crippen LogP contribution in [0.3, 0.4) is 0 Å². The van der Waals surface area contributed by atoms with Gasteiger partial charge < -0.3 is 10.4 Å². The Kier molecular flexibility index (Phi) is 4.02. The number of hydrogen-bond acceptors (Lipinski definition) is 3. The van der Waals surface area contributed by atoms with Gasteiger partial charge in [0.15, 0.2) is 0 Å². The molecule has 1 aromatic rings. The highest BCUT2D eigenvalue weighted by Gasteiger charge is 2.29. The minimum atomic E-state index is -0.910. The summed E-state index contributed by atoms with van der Waals surface area (Å²) in [5.41, 5.74) is 2.78. The standard InChI is InChI=1S/C16H24N2O2/c1-10-8-13(14(15(19)20)11(2)17-10)18-12-6-5-7-16(3,4)9-12/h8,12H,5-7,9H2,1-4H3,(H,17,18)(H,19,20). The number of rotatable bonds is 3. The van der Waals surface area contributed by atoms with Crippen LogP contribution in [-0.2, 0) is 0 Å². The Balaban J connectivity index is 2.26. The van der Waals surface area contributed by atoms with Gasteiger partial charge in [0.2, 0.25) is 0 Å². The van der Waals surface area contributed by atoms with Gasteiger partial charge in [0.25, 0.3) is 0 Å². The molecule has 1 aliphatic rings. The fraction of sp³-hybridized carbons (Fsp3) is 0.625. The molecule has 0 bridgehead atoms. The number of carboxylic acids is 1. The van der Waals surface area contributed by atoms with Crippen LogP contribution in [0.25, 0.3) is 0 Å². The average Bonchev–Trinajstić information content (AvgIpc) is 2.25. The zero-order valence-electron chi connectivity index (χ0n) is 12.8. The Morgan fingerprint density at radius 1 is 1.45 bits per heavy atom. The number of nitrogens with one attached hydrogen (secondary N) is 1. The lowest BCUT2D eigenvalue weighted by Gasteiger charge is -2.36. The molecule has 0 amide bonds. The van der Waals surface area contributed by atoms with Gasteiger partial charge in [0, 0.05) is 11.7 Å². The van der Waals surface area contributed by atoms with E-state index in [9.17, 15) is 9.90 Å².